The Labute approximate surface area is 112 Å². The van der Waals surface area contributed by atoms with E-state index >= 15 is 0 Å². The van der Waals surface area contributed by atoms with E-state index in [-0.39, 0.29) is 30.9 Å². The van der Waals surface area contributed by atoms with Crippen LogP contribution in [-0.2, 0) is 16.0 Å². The molecule has 2 rings (SSSR count). The average molecular weight is 261 g/mol. The Morgan fingerprint density at radius 2 is 2.16 bits per heavy atom. The van der Waals surface area contributed by atoms with Crippen molar-refractivity contribution in [3.05, 3.63) is 35.4 Å². The first kappa shape index (κ1) is 13.5. The molecule has 102 valence electrons. The fraction of sp³-hybridized carbons (Fsp3) is 0.429. The van der Waals surface area contributed by atoms with E-state index in [0.29, 0.717) is 0 Å². The van der Waals surface area contributed by atoms with E-state index in [2.05, 4.69) is 17.4 Å². The van der Waals surface area contributed by atoms with Crippen LogP contribution in [0.4, 0.5) is 0 Å². The number of nitrogens with one attached hydrogen (secondary N) is 1. The standard InChI is InChI=1S/C14H19N3O2/c1-17(14(19)9-16-13(18)8-15)12-7-6-10-4-2-3-5-11(10)12/h2-5,12H,6-9,15H2,1H3,(H,16,18). The Kier molecular flexibility index (Phi) is 4.16. The molecule has 0 aromatic heterocycles. The van der Waals surface area contributed by atoms with Crippen molar-refractivity contribution in [3.8, 4) is 0 Å². The highest BCUT2D eigenvalue weighted by Gasteiger charge is 2.28. The van der Waals surface area contributed by atoms with Crippen LogP contribution in [0.15, 0.2) is 24.3 Å². The Hall–Kier alpha value is -1.88. The van der Waals surface area contributed by atoms with E-state index in [9.17, 15) is 9.59 Å². The molecule has 0 saturated carbocycles. The molecular formula is C14H19N3O2. The molecule has 0 heterocycles. The van der Waals surface area contributed by atoms with Crippen LogP contribution in [0.3, 0.4) is 0 Å². The third-order valence-corrected chi connectivity index (χ3v) is 3.58. The van der Waals surface area contributed by atoms with Crippen molar-refractivity contribution in [2.75, 3.05) is 20.1 Å². The monoisotopic (exact) mass is 261 g/mol. The summed E-state index contributed by atoms with van der Waals surface area (Å²) in [5.41, 5.74) is 7.70. The SMILES string of the molecule is CN(C(=O)CNC(=O)CN)C1CCc2ccccc21. The quantitative estimate of drug-likeness (QED) is 0.813. The highest BCUT2D eigenvalue weighted by Crippen LogP contribution is 2.34. The van der Waals surface area contributed by atoms with E-state index in [4.69, 9.17) is 5.73 Å². The molecule has 5 nitrogen and oxygen atoms in total. The van der Waals surface area contributed by atoms with Gasteiger partial charge >= 0.3 is 0 Å². The van der Waals surface area contributed by atoms with Gasteiger partial charge in [0.2, 0.25) is 11.8 Å². The largest absolute Gasteiger partial charge is 0.346 e. The van der Waals surface area contributed by atoms with E-state index in [1.807, 2.05) is 12.1 Å². The van der Waals surface area contributed by atoms with Crippen molar-refractivity contribution in [3.63, 3.8) is 0 Å². The number of rotatable bonds is 4. The summed E-state index contributed by atoms with van der Waals surface area (Å²) in [6.45, 7) is -0.0888. The molecule has 0 radical (unpaired) electrons. The molecule has 1 aromatic rings. The van der Waals surface area contributed by atoms with Crippen LogP contribution in [0.1, 0.15) is 23.6 Å². The van der Waals surface area contributed by atoms with Gasteiger partial charge in [-0.1, -0.05) is 24.3 Å². The number of carbonyl (C=O) groups excluding carboxylic acids is 2. The van der Waals surface area contributed by atoms with Crippen molar-refractivity contribution in [1.82, 2.24) is 10.2 Å². The molecule has 3 N–H and O–H groups in total. The molecule has 19 heavy (non-hydrogen) atoms. The zero-order chi connectivity index (χ0) is 13.8. The molecule has 1 aliphatic rings. The maximum atomic E-state index is 12.0. The second kappa shape index (κ2) is 5.84. The lowest BCUT2D eigenvalue weighted by Crippen LogP contribution is -2.41. The Morgan fingerprint density at radius 3 is 2.89 bits per heavy atom. The Morgan fingerprint density at radius 1 is 1.42 bits per heavy atom. The summed E-state index contributed by atoms with van der Waals surface area (Å²) in [6, 6.07) is 8.29. The van der Waals surface area contributed by atoms with Crippen molar-refractivity contribution < 1.29 is 9.59 Å². The molecule has 5 heteroatoms. The number of hydrogen-bond acceptors (Lipinski definition) is 3. The van der Waals surface area contributed by atoms with Crippen LogP contribution in [0, 0.1) is 0 Å². The van der Waals surface area contributed by atoms with E-state index in [0.717, 1.165) is 12.8 Å². The Bertz CT molecular complexity index is 487. The van der Waals surface area contributed by atoms with Gasteiger partial charge in [0.1, 0.15) is 0 Å². The van der Waals surface area contributed by atoms with Crippen LogP contribution < -0.4 is 11.1 Å². The summed E-state index contributed by atoms with van der Waals surface area (Å²) in [6.07, 6.45) is 1.93. The minimum Gasteiger partial charge on any atom is -0.346 e. The number of carbonyl (C=O) groups is 2. The predicted molar refractivity (Wildman–Crippen MR) is 72.3 cm³/mol. The first-order chi connectivity index (χ1) is 9.13. The lowest BCUT2D eigenvalue weighted by molar-refractivity contribution is -0.133. The molecule has 0 spiro atoms. The van der Waals surface area contributed by atoms with Crippen molar-refractivity contribution in [1.29, 1.82) is 0 Å². The Balaban J connectivity index is 1.99. The minimum atomic E-state index is -0.312. The van der Waals surface area contributed by atoms with E-state index in [1.54, 1.807) is 11.9 Å². The minimum absolute atomic E-state index is 0.00516. The van der Waals surface area contributed by atoms with Gasteiger partial charge in [0.05, 0.1) is 19.1 Å². The van der Waals surface area contributed by atoms with Gasteiger partial charge in [0.25, 0.3) is 0 Å². The summed E-state index contributed by atoms with van der Waals surface area (Å²) in [7, 11) is 1.78. The molecule has 0 fully saturated rings. The van der Waals surface area contributed by atoms with Crippen LogP contribution in [0.25, 0.3) is 0 Å². The van der Waals surface area contributed by atoms with Crippen LogP contribution in [0.2, 0.25) is 0 Å². The summed E-state index contributed by atoms with van der Waals surface area (Å²) >= 11 is 0. The maximum Gasteiger partial charge on any atom is 0.242 e. The summed E-state index contributed by atoms with van der Waals surface area (Å²) in [5, 5.41) is 2.51. The molecule has 1 aliphatic carbocycles. The van der Waals surface area contributed by atoms with Gasteiger partial charge in [0.15, 0.2) is 0 Å². The number of nitrogens with zero attached hydrogens (tertiary/aromatic N) is 1. The number of aryl methyl sites for hydroxylation is 1. The van der Waals surface area contributed by atoms with Gasteiger partial charge in [-0.15, -0.1) is 0 Å². The molecule has 1 aromatic carbocycles. The van der Waals surface area contributed by atoms with Crippen LogP contribution in [-0.4, -0.2) is 36.9 Å². The smallest absolute Gasteiger partial charge is 0.242 e. The maximum absolute atomic E-state index is 12.0. The van der Waals surface area contributed by atoms with E-state index < -0.39 is 0 Å². The zero-order valence-electron chi connectivity index (χ0n) is 11.1. The molecular weight excluding hydrogens is 242 g/mol. The highest BCUT2D eigenvalue weighted by molar-refractivity contribution is 5.85. The highest BCUT2D eigenvalue weighted by atomic mass is 16.2. The van der Waals surface area contributed by atoms with Gasteiger partial charge in [-0.3, -0.25) is 9.59 Å². The molecule has 1 unspecified atom stereocenters. The van der Waals surface area contributed by atoms with Gasteiger partial charge < -0.3 is 16.0 Å². The van der Waals surface area contributed by atoms with Gasteiger partial charge in [-0.2, -0.15) is 0 Å². The molecule has 0 aliphatic heterocycles. The van der Waals surface area contributed by atoms with E-state index in [1.165, 1.54) is 11.1 Å². The first-order valence-corrected chi connectivity index (χ1v) is 6.43. The number of hydrogen-bond donors (Lipinski definition) is 2. The number of fused-ring (bicyclic) bond motifs is 1. The van der Waals surface area contributed by atoms with Gasteiger partial charge in [-0.25, -0.2) is 0 Å². The summed E-state index contributed by atoms with van der Waals surface area (Å²) < 4.78 is 0. The topological polar surface area (TPSA) is 75.4 Å². The number of nitrogens with two attached hydrogens (primary N) is 1. The van der Waals surface area contributed by atoms with Gasteiger partial charge in [0, 0.05) is 7.05 Å². The fourth-order valence-electron chi connectivity index (χ4n) is 2.48. The third-order valence-electron chi connectivity index (χ3n) is 3.58. The van der Waals surface area contributed by atoms with Crippen molar-refractivity contribution >= 4 is 11.8 Å². The summed E-state index contributed by atoms with van der Waals surface area (Å²) in [4.78, 5) is 24.8. The molecule has 2 amide bonds. The van der Waals surface area contributed by atoms with Crippen LogP contribution in [0.5, 0.6) is 0 Å². The predicted octanol–water partition coefficient (Wildman–Crippen LogP) is 0.207. The summed E-state index contributed by atoms with van der Waals surface area (Å²) in [5.74, 6) is -0.405. The third kappa shape index (κ3) is 2.93. The number of benzene rings is 1. The molecule has 0 saturated heterocycles. The van der Waals surface area contributed by atoms with Gasteiger partial charge in [-0.05, 0) is 24.0 Å². The van der Waals surface area contributed by atoms with Crippen LogP contribution >= 0.6 is 0 Å². The lowest BCUT2D eigenvalue weighted by atomic mass is 10.1. The number of likely N-dealkylation sites (N-methyl/N-ethyl adjacent to an activating group) is 1. The first-order valence-electron chi connectivity index (χ1n) is 6.43. The number of amides is 2. The van der Waals surface area contributed by atoms with Crippen molar-refractivity contribution in [2.24, 2.45) is 5.73 Å². The molecule has 0 bridgehead atoms. The second-order valence-electron chi connectivity index (χ2n) is 4.74. The lowest BCUT2D eigenvalue weighted by Gasteiger charge is -2.25. The fourth-order valence-corrected chi connectivity index (χ4v) is 2.48. The zero-order valence-corrected chi connectivity index (χ0v) is 11.1. The van der Waals surface area contributed by atoms with Crippen molar-refractivity contribution in [2.45, 2.75) is 18.9 Å². The average Bonchev–Trinajstić information content (AvgIpc) is 2.87. The second-order valence-corrected chi connectivity index (χ2v) is 4.74. The normalized spacial score (nSPS) is 16.8. The molecule has 1 atom stereocenters.